The Kier molecular flexibility index (Phi) is 5.33. The van der Waals surface area contributed by atoms with E-state index in [-0.39, 0.29) is 11.4 Å². The van der Waals surface area contributed by atoms with Crippen molar-refractivity contribution >= 4 is 23.5 Å². The zero-order valence-corrected chi connectivity index (χ0v) is 13.0. The van der Waals surface area contributed by atoms with Gasteiger partial charge in [-0.3, -0.25) is 14.3 Å². The molecule has 6 nitrogen and oxygen atoms in total. The highest BCUT2D eigenvalue weighted by atomic mass is 35.5. The van der Waals surface area contributed by atoms with Crippen LogP contribution in [-0.4, -0.2) is 26.8 Å². The quantitative estimate of drug-likeness (QED) is 0.847. The zero-order chi connectivity index (χ0) is 17.0. The summed E-state index contributed by atoms with van der Waals surface area (Å²) in [6, 6.07) is 4.10. The highest BCUT2D eigenvalue weighted by molar-refractivity contribution is 6.30. The van der Waals surface area contributed by atoms with E-state index in [2.05, 4.69) is 10.4 Å². The van der Waals surface area contributed by atoms with Crippen LogP contribution < -0.4 is 5.32 Å². The highest BCUT2D eigenvalue weighted by Gasteiger charge is 2.23. The van der Waals surface area contributed by atoms with Crippen molar-refractivity contribution in [2.45, 2.75) is 25.4 Å². The second-order valence-corrected chi connectivity index (χ2v) is 5.40. The monoisotopic (exact) mass is 339 g/mol. The first kappa shape index (κ1) is 17.0. The summed E-state index contributed by atoms with van der Waals surface area (Å²) in [5.41, 5.74) is 0.329. The summed E-state index contributed by atoms with van der Waals surface area (Å²) >= 11 is 5.62. The molecule has 0 unspecified atom stereocenters. The number of hydrogen-bond donors (Lipinski definition) is 2. The Bertz CT molecular complexity index is 706. The lowest BCUT2D eigenvalue weighted by atomic mass is 10.0. The van der Waals surface area contributed by atoms with Gasteiger partial charge in [-0.15, -0.1) is 0 Å². The molecule has 1 amide bonds. The van der Waals surface area contributed by atoms with Gasteiger partial charge in [-0.25, -0.2) is 4.39 Å². The normalized spacial score (nSPS) is 13.3. The van der Waals surface area contributed by atoms with Gasteiger partial charge < -0.3 is 10.4 Å². The van der Waals surface area contributed by atoms with Crippen molar-refractivity contribution in [2.75, 3.05) is 0 Å². The lowest BCUT2D eigenvalue weighted by molar-refractivity contribution is -0.137. The van der Waals surface area contributed by atoms with Crippen LogP contribution in [0.5, 0.6) is 0 Å². The third-order valence-electron chi connectivity index (χ3n) is 3.34. The summed E-state index contributed by atoms with van der Waals surface area (Å²) in [5, 5.41) is 15.5. The molecule has 0 fully saturated rings. The van der Waals surface area contributed by atoms with E-state index < -0.39 is 29.8 Å². The van der Waals surface area contributed by atoms with Crippen LogP contribution in [0.4, 0.5) is 4.39 Å². The van der Waals surface area contributed by atoms with Gasteiger partial charge in [0.2, 0.25) is 5.91 Å². The minimum atomic E-state index is -1.11. The smallest absolute Gasteiger partial charge is 0.305 e. The Labute approximate surface area is 136 Å². The molecule has 2 N–H and O–H groups in total. The average molecular weight is 340 g/mol. The molecular weight excluding hydrogens is 325 g/mol. The lowest BCUT2D eigenvalue weighted by Crippen LogP contribution is -2.35. The van der Waals surface area contributed by atoms with Crippen LogP contribution >= 0.6 is 11.6 Å². The van der Waals surface area contributed by atoms with Gasteiger partial charge in [-0.05, 0) is 30.7 Å². The maximum absolute atomic E-state index is 13.6. The summed E-state index contributed by atoms with van der Waals surface area (Å²) in [4.78, 5) is 23.3. The molecule has 2 rings (SSSR count). The lowest BCUT2D eigenvalue weighted by Gasteiger charge is -2.20. The minimum Gasteiger partial charge on any atom is -0.481 e. The number of carbonyl (C=O) groups excluding carboxylic acids is 1. The Morgan fingerprint density at radius 1 is 1.48 bits per heavy atom. The van der Waals surface area contributed by atoms with Gasteiger partial charge in [-0.1, -0.05) is 17.7 Å². The average Bonchev–Trinajstić information content (AvgIpc) is 3.02. The van der Waals surface area contributed by atoms with Crippen molar-refractivity contribution in [2.24, 2.45) is 0 Å². The van der Waals surface area contributed by atoms with Crippen LogP contribution in [0.3, 0.4) is 0 Å². The van der Waals surface area contributed by atoms with E-state index in [1.54, 1.807) is 19.2 Å². The molecule has 1 aromatic carbocycles. The van der Waals surface area contributed by atoms with Crippen LogP contribution in [0, 0.1) is 5.82 Å². The molecule has 23 heavy (non-hydrogen) atoms. The number of amides is 1. The number of carboxylic acids is 1. The second kappa shape index (κ2) is 7.23. The van der Waals surface area contributed by atoms with Crippen molar-refractivity contribution in [3.63, 3.8) is 0 Å². The van der Waals surface area contributed by atoms with E-state index in [4.69, 9.17) is 16.7 Å². The molecule has 1 aromatic heterocycles. The van der Waals surface area contributed by atoms with Crippen LogP contribution in [0.25, 0.3) is 0 Å². The number of aliphatic carboxylic acids is 1. The first-order valence-corrected chi connectivity index (χ1v) is 7.22. The molecule has 0 saturated heterocycles. The maximum Gasteiger partial charge on any atom is 0.305 e. The number of benzene rings is 1. The Balaban J connectivity index is 2.19. The van der Waals surface area contributed by atoms with Crippen molar-refractivity contribution in [3.8, 4) is 0 Å². The highest BCUT2D eigenvalue weighted by Crippen LogP contribution is 2.23. The maximum atomic E-state index is 13.6. The number of nitrogens with one attached hydrogen (secondary N) is 1. The van der Waals surface area contributed by atoms with Gasteiger partial charge in [0.25, 0.3) is 0 Å². The molecule has 0 aliphatic carbocycles. The van der Waals surface area contributed by atoms with Crippen LogP contribution in [-0.2, 0) is 9.59 Å². The fourth-order valence-corrected chi connectivity index (χ4v) is 2.20. The number of halogens is 2. The summed E-state index contributed by atoms with van der Waals surface area (Å²) < 4.78 is 15.0. The molecule has 2 atom stereocenters. The third-order valence-corrected chi connectivity index (χ3v) is 3.65. The summed E-state index contributed by atoms with van der Waals surface area (Å²) in [5.74, 6) is -2.21. The number of aromatic nitrogens is 2. The number of carbonyl (C=O) groups is 2. The van der Waals surface area contributed by atoms with Crippen LogP contribution in [0.15, 0.2) is 36.7 Å². The summed E-state index contributed by atoms with van der Waals surface area (Å²) in [6.45, 7) is 1.63. The van der Waals surface area contributed by atoms with Crippen molar-refractivity contribution in [3.05, 3.63) is 53.1 Å². The van der Waals surface area contributed by atoms with E-state index in [9.17, 15) is 14.0 Å². The van der Waals surface area contributed by atoms with Crippen molar-refractivity contribution in [1.29, 1.82) is 0 Å². The van der Waals surface area contributed by atoms with Crippen LogP contribution in [0.2, 0.25) is 5.02 Å². The zero-order valence-electron chi connectivity index (χ0n) is 12.2. The molecule has 0 bridgehead atoms. The minimum absolute atomic E-state index is 0.0703. The van der Waals surface area contributed by atoms with Gasteiger partial charge in [0.05, 0.1) is 17.5 Å². The van der Waals surface area contributed by atoms with Gasteiger partial charge in [0.1, 0.15) is 11.9 Å². The standard InChI is InChI=1S/C15H15ClFN3O3/c1-9(20-6-2-5-18-20)15(23)19-13(8-14(21)22)10-3-4-11(16)12(17)7-10/h2-7,9,13H,8H2,1H3,(H,19,23)(H,21,22)/t9-,13+/m1/s1. The molecule has 122 valence electrons. The molecule has 0 aliphatic rings. The van der Waals surface area contributed by atoms with Gasteiger partial charge >= 0.3 is 5.97 Å². The molecule has 0 saturated carbocycles. The Hall–Kier alpha value is -2.41. The number of hydrogen-bond acceptors (Lipinski definition) is 3. The van der Waals surface area contributed by atoms with Crippen molar-refractivity contribution < 1.29 is 19.1 Å². The van der Waals surface area contributed by atoms with Crippen LogP contribution in [0.1, 0.15) is 31.0 Å². The van der Waals surface area contributed by atoms with Crippen molar-refractivity contribution in [1.82, 2.24) is 15.1 Å². The first-order chi connectivity index (χ1) is 10.9. The molecule has 0 aliphatic heterocycles. The molecule has 0 spiro atoms. The first-order valence-electron chi connectivity index (χ1n) is 6.84. The number of carboxylic acid groups (broad SMARTS) is 1. The fraction of sp³-hybridized carbons (Fsp3) is 0.267. The van der Waals surface area contributed by atoms with Gasteiger partial charge in [0, 0.05) is 12.4 Å². The topological polar surface area (TPSA) is 84.2 Å². The molecule has 1 heterocycles. The fourth-order valence-electron chi connectivity index (χ4n) is 2.08. The van der Waals surface area contributed by atoms with E-state index in [0.717, 1.165) is 6.07 Å². The Morgan fingerprint density at radius 2 is 2.22 bits per heavy atom. The van der Waals surface area contributed by atoms with Gasteiger partial charge in [-0.2, -0.15) is 5.10 Å². The molecule has 0 radical (unpaired) electrons. The second-order valence-electron chi connectivity index (χ2n) is 4.99. The Morgan fingerprint density at radius 3 is 2.78 bits per heavy atom. The number of rotatable bonds is 6. The van der Waals surface area contributed by atoms with E-state index in [1.165, 1.54) is 23.0 Å². The summed E-state index contributed by atoms with van der Waals surface area (Å²) in [6.07, 6.45) is 2.78. The van der Waals surface area contributed by atoms with Gasteiger partial charge in [0.15, 0.2) is 0 Å². The molecular formula is C15H15ClFN3O3. The van der Waals surface area contributed by atoms with E-state index in [1.807, 2.05) is 0 Å². The largest absolute Gasteiger partial charge is 0.481 e. The summed E-state index contributed by atoms with van der Waals surface area (Å²) in [7, 11) is 0. The van der Waals surface area contributed by atoms with E-state index in [0.29, 0.717) is 5.56 Å². The molecule has 2 aromatic rings. The predicted octanol–water partition coefficient (Wildman–Crippen LogP) is 2.57. The SMILES string of the molecule is C[C@H](C(=O)N[C@@H](CC(=O)O)c1ccc(Cl)c(F)c1)n1cccn1. The predicted molar refractivity (Wildman–Crippen MR) is 81.5 cm³/mol. The molecule has 8 heteroatoms. The van der Waals surface area contributed by atoms with E-state index >= 15 is 0 Å². The number of nitrogens with zero attached hydrogens (tertiary/aromatic N) is 2. The third kappa shape index (κ3) is 4.29.